The molecule has 0 unspecified atom stereocenters. The molecule has 1 aromatic carbocycles. The number of hydrogen-bond donors (Lipinski definition) is 2. The van der Waals surface area contributed by atoms with Gasteiger partial charge in [-0.3, -0.25) is 0 Å². The summed E-state index contributed by atoms with van der Waals surface area (Å²) in [5.74, 6) is -0.0211. The first-order chi connectivity index (χ1) is 8.54. The van der Waals surface area contributed by atoms with E-state index in [-0.39, 0.29) is 11.4 Å². The molecule has 0 amide bonds. The van der Waals surface area contributed by atoms with Gasteiger partial charge in [0.05, 0.1) is 12.8 Å². The van der Waals surface area contributed by atoms with E-state index in [0.29, 0.717) is 17.1 Å². The van der Waals surface area contributed by atoms with Crippen molar-refractivity contribution >= 4 is 11.8 Å². The first-order valence-electron chi connectivity index (χ1n) is 5.27. The number of hydrogen-bond acceptors (Lipinski definition) is 5. The predicted molar refractivity (Wildman–Crippen MR) is 65.7 cm³/mol. The number of nitrogens with two attached hydrogens (primary N) is 1. The minimum absolute atomic E-state index is 0.148. The quantitative estimate of drug-likeness (QED) is 0.779. The van der Waals surface area contributed by atoms with Crippen molar-refractivity contribution in [3.05, 3.63) is 35.5 Å². The Labute approximate surface area is 104 Å². The van der Waals surface area contributed by atoms with Gasteiger partial charge in [0.15, 0.2) is 5.69 Å². The standard InChI is InChI=1S/C12H13N3O3/c1-7-10(12(17)18-2)14-15(11(7)13)8-3-5-9(16)6-4-8/h3-6,16H,13H2,1-2H3. The van der Waals surface area contributed by atoms with Crippen LogP contribution in [0.5, 0.6) is 5.75 Å². The number of phenolic OH excluding ortho intramolecular Hbond substituents is 1. The highest BCUT2D eigenvalue weighted by molar-refractivity contribution is 5.90. The molecule has 0 aliphatic carbocycles. The summed E-state index contributed by atoms with van der Waals surface area (Å²) in [5, 5.41) is 13.3. The number of methoxy groups -OCH3 is 1. The zero-order chi connectivity index (χ0) is 13.3. The van der Waals surface area contributed by atoms with Crippen LogP contribution >= 0.6 is 0 Å². The number of anilines is 1. The van der Waals surface area contributed by atoms with E-state index in [9.17, 15) is 9.90 Å². The minimum atomic E-state index is -0.531. The van der Waals surface area contributed by atoms with Gasteiger partial charge in [-0.05, 0) is 31.2 Å². The number of nitrogens with zero attached hydrogens (tertiary/aromatic N) is 2. The van der Waals surface area contributed by atoms with Gasteiger partial charge in [-0.1, -0.05) is 0 Å². The normalized spacial score (nSPS) is 10.3. The largest absolute Gasteiger partial charge is 0.508 e. The van der Waals surface area contributed by atoms with E-state index in [1.807, 2.05) is 0 Å². The van der Waals surface area contributed by atoms with Gasteiger partial charge >= 0.3 is 5.97 Å². The third-order valence-electron chi connectivity index (χ3n) is 2.64. The fraction of sp³-hybridized carbons (Fsp3) is 0.167. The van der Waals surface area contributed by atoms with Crippen LogP contribution in [-0.4, -0.2) is 28.0 Å². The maximum absolute atomic E-state index is 11.5. The van der Waals surface area contributed by atoms with E-state index in [4.69, 9.17) is 5.73 Å². The lowest BCUT2D eigenvalue weighted by Crippen LogP contribution is -2.05. The Morgan fingerprint density at radius 3 is 2.56 bits per heavy atom. The number of carbonyl (C=O) groups is 1. The number of phenols is 1. The Balaban J connectivity index is 2.52. The molecule has 0 bridgehead atoms. The Morgan fingerprint density at radius 1 is 1.39 bits per heavy atom. The highest BCUT2D eigenvalue weighted by Gasteiger charge is 2.19. The van der Waals surface area contributed by atoms with Crippen molar-refractivity contribution in [2.75, 3.05) is 12.8 Å². The van der Waals surface area contributed by atoms with E-state index in [0.717, 1.165) is 0 Å². The maximum atomic E-state index is 11.5. The Hall–Kier alpha value is -2.50. The summed E-state index contributed by atoms with van der Waals surface area (Å²) in [7, 11) is 1.29. The molecule has 2 rings (SSSR count). The lowest BCUT2D eigenvalue weighted by atomic mass is 10.2. The molecule has 1 heterocycles. The molecule has 94 valence electrons. The minimum Gasteiger partial charge on any atom is -0.508 e. The molecule has 18 heavy (non-hydrogen) atoms. The van der Waals surface area contributed by atoms with Crippen molar-refractivity contribution in [1.82, 2.24) is 9.78 Å². The Kier molecular flexibility index (Phi) is 2.93. The fourth-order valence-corrected chi connectivity index (χ4v) is 1.59. The summed E-state index contributed by atoms with van der Waals surface area (Å²) in [6.45, 7) is 1.70. The third-order valence-corrected chi connectivity index (χ3v) is 2.64. The highest BCUT2D eigenvalue weighted by Crippen LogP contribution is 2.22. The zero-order valence-electron chi connectivity index (χ0n) is 10.0. The van der Waals surface area contributed by atoms with Crippen LogP contribution in [0.1, 0.15) is 16.1 Å². The van der Waals surface area contributed by atoms with Crippen LogP contribution < -0.4 is 5.73 Å². The molecule has 0 aliphatic heterocycles. The molecule has 0 atom stereocenters. The maximum Gasteiger partial charge on any atom is 0.358 e. The van der Waals surface area contributed by atoms with Crippen LogP contribution in [0.4, 0.5) is 5.82 Å². The smallest absolute Gasteiger partial charge is 0.358 e. The van der Waals surface area contributed by atoms with Crippen LogP contribution in [0, 0.1) is 6.92 Å². The second-order valence-corrected chi connectivity index (χ2v) is 3.78. The fourth-order valence-electron chi connectivity index (χ4n) is 1.59. The lowest BCUT2D eigenvalue weighted by Gasteiger charge is -2.03. The topological polar surface area (TPSA) is 90.4 Å². The first kappa shape index (κ1) is 12.0. The highest BCUT2D eigenvalue weighted by atomic mass is 16.5. The number of aromatic hydroxyl groups is 1. The van der Waals surface area contributed by atoms with Crippen molar-refractivity contribution < 1.29 is 14.6 Å². The SMILES string of the molecule is COC(=O)c1nn(-c2ccc(O)cc2)c(N)c1C. The van der Waals surface area contributed by atoms with Crippen molar-refractivity contribution in [2.24, 2.45) is 0 Å². The van der Waals surface area contributed by atoms with Gasteiger partial charge < -0.3 is 15.6 Å². The molecule has 0 radical (unpaired) electrons. The molecule has 0 spiro atoms. The number of carbonyl (C=O) groups excluding carboxylic acids is 1. The molecular weight excluding hydrogens is 234 g/mol. The summed E-state index contributed by atoms with van der Waals surface area (Å²) >= 11 is 0. The van der Waals surface area contributed by atoms with E-state index >= 15 is 0 Å². The molecule has 0 aliphatic rings. The van der Waals surface area contributed by atoms with E-state index in [1.54, 1.807) is 19.1 Å². The monoisotopic (exact) mass is 247 g/mol. The lowest BCUT2D eigenvalue weighted by molar-refractivity contribution is 0.0592. The average molecular weight is 247 g/mol. The van der Waals surface area contributed by atoms with Gasteiger partial charge in [0.2, 0.25) is 0 Å². The molecule has 0 saturated carbocycles. The van der Waals surface area contributed by atoms with Gasteiger partial charge in [0.1, 0.15) is 11.6 Å². The van der Waals surface area contributed by atoms with Gasteiger partial charge in [-0.15, -0.1) is 0 Å². The van der Waals surface area contributed by atoms with E-state index in [1.165, 1.54) is 23.9 Å². The molecule has 0 fully saturated rings. The Bertz CT molecular complexity index is 587. The van der Waals surface area contributed by atoms with Crippen LogP contribution in [-0.2, 0) is 4.74 Å². The molecule has 0 saturated heterocycles. The second kappa shape index (κ2) is 4.40. The molecule has 2 aromatic rings. The number of benzene rings is 1. The summed E-state index contributed by atoms with van der Waals surface area (Å²) in [5.41, 5.74) is 7.30. The van der Waals surface area contributed by atoms with E-state index < -0.39 is 5.97 Å². The number of nitrogen functional groups attached to an aromatic ring is 1. The average Bonchev–Trinajstić information content (AvgIpc) is 2.67. The van der Waals surface area contributed by atoms with Gasteiger partial charge in [-0.2, -0.15) is 5.10 Å². The molecule has 6 nitrogen and oxygen atoms in total. The van der Waals surface area contributed by atoms with Crippen molar-refractivity contribution in [2.45, 2.75) is 6.92 Å². The van der Waals surface area contributed by atoms with E-state index in [2.05, 4.69) is 9.84 Å². The zero-order valence-corrected chi connectivity index (χ0v) is 10.0. The van der Waals surface area contributed by atoms with Gasteiger partial charge in [0.25, 0.3) is 0 Å². The van der Waals surface area contributed by atoms with Crippen LogP contribution in [0.3, 0.4) is 0 Å². The number of rotatable bonds is 2. The summed E-state index contributed by atoms with van der Waals surface area (Å²) in [6.07, 6.45) is 0. The number of ether oxygens (including phenoxy) is 1. The van der Waals surface area contributed by atoms with Crippen molar-refractivity contribution in [3.63, 3.8) is 0 Å². The molecular formula is C12H13N3O3. The predicted octanol–water partition coefficient (Wildman–Crippen LogP) is 1.26. The molecule has 3 N–H and O–H groups in total. The molecule has 6 heteroatoms. The third kappa shape index (κ3) is 1.88. The second-order valence-electron chi connectivity index (χ2n) is 3.78. The number of aromatic nitrogens is 2. The first-order valence-corrected chi connectivity index (χ1v) is 5.27. The van der Waals surface area contributed by atoms with Gasteiger partial charge in [-0.25, -0.2) is 9.48 Å². The van der Waals surface area contributed by atoms with Crippen LogP contribution in [0.25, 0.3) is 5.69 Å². The van der Waals surface area contributed by atoms with Gasteiger partial charge in [0, 0.05) is 5.56 Å². The van der Waals surface area contributed by atoms with Crippen LogP contribution in [0.2, 0.25) is 0 Å². The number of esters is 1. The summed E-state index contributed by atoms with van der Waals surface area (Å²) in [6, 6.07) is 6.34. The van der Waals surface area contributed by atoms with Crippen LogP contribution in [0.15, 0.2) is 24.3 Å². The Morgan fingerprint density at radius 2 is 2.00 bits per heavy atom. The van der Waals surface area contributed by atoms with Crippen molar-refractivity contribution in [1.29, 1.82) is 0 Å². The van der Waals surface area contributed by atoms with Crippen molar-refractivity contribution in [3.8, 4) is 11.4 Å². The summed E-state index contributed by atoms with van der Waals surface area (Å²) in [4.78, 5) is 11.5. The summed E-state index contributed by atoms with van der Waals surface area (Å²) < 4.78 is 6.06. The molecule has 1 aromatic heterocycles.